The highest BCUT2D eigenvalue weighted by molar-refractivity contribution is 14.1. The number of nitrogens with one attached hydrogen (secondary N) is 2. The van der Waals surface area contributed by atoms with E-state index < -0.39 is 0 Å². The third-order valence-corrected chi connectivity index (χ3v) is 3.23. The average Bonchev–Trinajstić information content (AvgIpc) is 2.33. The molecule has 0 unspecified atom stereocenters. The number of hydrogen-bond donors (Lipinski definition) is 2. The van der Waals surface area contributed by atoms with E-state index in [4.69, 9.17) is 16.3 Å². The van der Waals surface area contributed by atoms with Crippen LogP contribution in [0.2, 0.25) is 5.02 Å². The molecule has 0 radical (unpaired) electrons. The van der Waals surface area contributed by atoms with E-state index in [9.17, 15) is 4.79 Å². The van der Waals surface area contributed by atoms with Gasteiger partial charge in [-0.2, -0.15) is 0 Å². The quantitative estimate of drug-likeness (QED) is 0.527. The Kier molecular flexibility index (Phi) is 10.6. The number of ether oxygens (including phenoxy) is 1. The lowest BCUT2D eigenvalue weighted by atomic mass is 10.2. The first-order valence-corrected chi connectivity index (χ1v) is 7.03. The third-order valence-electron chi connectivity index (χ3n) is 2.25. The number of halogens is 3. The molecule has 0 fully saturated rings. The van der Waals surface area contributed by atoms with Crippen molar-refractivity contribution in [2.24, 2.45) is 0 Å². The van der Waals surface area contributed by atoms with Crippen LogP contribution in [0.5, 0.6) is 0 Å². The van der Waals surface area contributed by atoms with E-state index in [1.807, 2.05) is 6.07 Å². The summed E-state index contributed by atoms with van der Waals surface area (Å²) in [6.07, 6.45) is 0. The van der Waals surface area contributed by atoms with Crippen LogP contribution < -0.4 is 10.6 Å². The Balaban J connectivity index is 0.00000324. The van der Waals surface area contributed by atoms with Gasteiger partial charge >= 0.3 is 0 Å². The Bertz CT molecular complexity index is 405. The molecule has 0 saturated heterocycles. The van der Waals surface area contributed by atoms with Crippen molar-refractivity contribution < 1.29 is 9.53 Å². The van der Waals surface area contributed by atoms with Crippen molar-refractivity contribution in [2.45, 2.75) is 0 Å². The molecule has 0 aromatic heterocycles. The monoisotopic (exact) mass is 418 g/mol. The van der Waals surface area contributed by atoms with Crippen LogP contribution in [0.3, 0.4) is 0 Å². The number of carbonyl (C=O) groups is 1. The lowest BCUT2D eigenvalue weighted by Gasteiger charge is -2.08. The fourth-order valence-corrected chi connectivity index (χ4v) is 2.27. The predicted molar refractivity (Wildman–Crippen MR) is 88.5 cm³/mol. The van der Waals surface area contributed by atoms with Crippen molar-refractivity contribution in [3.05, 3.63) is 32.4 Å². The molecule has 0 aliphatic rings. The summed E-state index contributed by atoms with van der Waals surface area (Å²) in [5, 5.41) is 6.43. The van der Waals surface area contributed by atoms with E-state index in [-0.39, 0.29) is 18.3 Å². The van der Waals surface area contributed by atoms with E-state index in [0.29, 0.717) is 30.3 Å². The van der Waals surface area contributed by atoms with Gasteiger partial charge < -0.3 is 15.4 Å². The maximum absolute atomic E-state index is 11.8. The van der Waals surface area contributed by atoms with Crippen molar-refractivity contribution >= 4 is 52.5 Å². The zero-order valence-electron chi connectivity index (χ0n) is 10.5. The van der Waals surface area contributed by atoms with Gasteiger partial charge in [0.2, 0.25) is 0 Å². The summed E-state index contributed by atoms with van der Waals surface area (Å²) in [5.41, 5.74) is 0.508. The van der Waals surface area contributed by atoms with Crippen LogP contribution in [0.4, 0.5) is 0 Å². The second-order valence-electron chi connectivity index (χ2n) is 3.62. The SMILES string of the molecule is COCCNCCNC(=O)c1ccc(I)cc1Cl.Cl. The fraction of sp³-hybridized carbons (Fsp3) is 0.417. The molecular weight excluding hydrogens is 402 g/mol. The number of methoxy groups -OCH3 is 1. The van der Waals surface area contributed by atoms with Gasteiger partial charge in [-0.1, -0.05) is 11.6 Å². The minimum Gasteiger partial charge on any atom is -0.383 e. The van der Waals surface area contributed by atoms with Gasteiger partial charge in [0.15, 0.2) is 0 Å². The predicted octanol–water partition coefficient (Wildman–Crippen LogP) is 2.33. The standard InChI is InChI=1S/C12H16ClIN2O2.ClH/c1-18-7-6-15-4-5-16-12(17)10-3-2-9(14)8-11(10)13;/h2-3,8,15H,4-7H2,1H3,(H,16,17);1H. The molecule has 0 bridgehead atoms. The van der Waals surface area contributed by atoms with Gasteiger partial charge in [-0.3, -0.25) is 4.79 Å². The zero-order chi connectivity index (χ0) is 13.4. The first kappa shape index (κ1) is 18.9. The number of carbonyl (C=O) groups excluding carboxylic acids is 1. The molecule has 4 nitrogen and oxygen atoms in total. The van der Waals surface area contributed by atoms with Crippen LogP contribution in [0.1, 0.15) is 10.4 Å². The molecule has 0 atom stereocenters. The average molecular weight is 419 g/mol. The van der Waals surface area contributed by atoms with Crippen LogP contribution in [0, 0.1) is 3.57 Å². The first-order valence-electron chi connectivity index (χ1n) is 5.58. The van der Waals surface area contributed by atoms with Gasteiger partial charge in [-0.25, -0.2) is 0 Å². The Morgan fingerprint density at radius 3 is 2.74 bits per heavy atom. The smallest absolute Gasteiger partial charge is 0.252 e. The van der Waals surface area contributed by atoms with Crippen molar-refractivity contribution in [3.8, 4) is 0 Å². The lowest BCUT2D eigenvalue weighted by Crippen LogP contribution is -2.33. The second kappa shape index (κ2) is 10.7. The summed E-state index contributed by atoms with van der Waals surface area (Å²) in [7, 11) is 1.65. The van der Waals surface area contributed by atoms with Crippen molar-refractivity contribution in [1.82, 2.24) is 10.6 Å². The van der Waals surface area contributed by atoms with Crippen LogP contribution in [-0.4, -0.2) is 39.3 Å². The van der Waals surface area contributed by atoms with Crippen LogP contribution >= 0.6 is 46.6 Å². The normalized spacial score (nSPS) is 9.84. The van der Waals surface area contributed by atoms with Crippen LogP contribution in [-0.2, 0) is 4.74 Å². The maximum atomic E-state index is 11.8. The van der Waals surface area contributed by atoms with Gasteiger partial charge in [0.25, 0.3) is 5.91 Å². The molecule has 0 saturated carbocycles. The first-order chi connectivity index (χ1) is 8.65. The van der Waals surface area contributed by atoms with E-state index in [2.05, 4.69) is 33.2 Å². The van der Waals surface area contributed by atoms with Gasteiger partial charge in [-0.05, 0) is 40.8 Å². The highest BCUT2D eigenvalue weighted by Crippen LogP contribution is 2.18. The summed E-state index contributed by atoms with van der Waals surface area (Å²) in [6, 6.07) is 5.36. The van der Waals surface area contributed by atoms with Crippen LogP contribution in [0.15, 0.2) is 18.2 Å². The Morgan fingerprint density at radius 2 is 2.11 bits per heavy atom. The molecule has 0 spiro atoms. The third kappa shape index (κ3) is 7.31. The van der Waals surface area contributed by atoms with E-state index in [0.717, 1.165) is 10.1 Å². The number of rotatable bonds is 7. The minimum absolute atomic E-state index is 0. The van der Waals surface area contributed by atoms with Gasteiger partial charge in [0.05, 0.1) is 17.2 Å². The lowest BCUT2D eigenvalue weighted by molar-refractivity contribution is 0.0954. The van der Waals surface area contributed by atoms with Gasteiger partial charge in [0.1, 0.15) is 0 Å². The summed E-state index contributed by atoms with van der Waals surface area (Å²) in [4.78, 5) is 11.8. The Labute approximate surface area is 138 Å². The topological polar surface area (TPSA) is 50.4 Å². The Morgan fingerprint density at radius 1 is 1.37 bits per heavy atom. The van der Waals surface area contributed by atoms with Crippen molar-refractivity contribution in [3.63, 3.8) is 0 Å². The molecule has 0 aliphatic carbocycles. The number of hydrogen-bond acceptors (Lipinski definition) is 3. The minimum atomic E-state index is -0.148. The van der Waals surface area contributed by atoms with Gasteiger partial charge in [-0.15, -0.1) is 12.4 Å². The summed E-state index contributed by atoms with van der Waals surface area (Å²) < 4.78 is 5.91. The molecular formula is C12H17Cl2IN2O2. The highest BCUT2D eigenvalue weighted by atomic mass is 127. The second-order valence-corrected chi connectivity index (χ2v) is 5.28. The van der Waals surface area contributed by atoms with E-state index >= 15 is 0 Å². The molecule has 19 heavy (non-hydrogen) atoms. The molecule has 1 amide bonds. The summed E-state index contributed by atoms with van der Waals surface area (Å²) >= 11 is 8.16. The maximum Gasteiger partial charge on any atom is 0.252 e. The molecule has 108 valence electrons. The molecule has 2 N–H and O–H groups in total. The largest absolute Gasteiger partial charge is 0.383 e. The van der Waals surface area contributed by atoms with Crippen LogP contribution in [0.25, 0.3) is 0 Å². The number of benzene rings is 1. The molecule has 1 aromatic carbocycles. The summed E-state index contributed by atoms with van der Waals surface area (Å²) in [5.74, 6) is -0.148. The molecule has 1 aromatic rings. The Hall–Kier alpha value is -0.0800. The zero-order valence-corrected chi connectivity index (χ0v) is 14.3. The molecule has 1 rings (SSSR count). The van der Waals surface area contributed by atoms with E-state index in [1.165, 1.54) is 0 Å². The van der Waals surface area contributed by atoms with Crippen molar-refractivity contribution in [2.75, 3.05) is 33.4 Å². The molecule has 7 heteroatoms. The summed E-state index contributed by atoms with van der Waals surface area (Å²) in [6.45, 7) is 2.70. The fourth-order valence-electron chi connectivity index (χ4n) is 1.33. The van der Waals surface area contributed by atoms with E-state index in [1.54, 1.807) is 19.2 Å². The molecule has 0 heterocycles. The number of amides is 1. The van der Waals surface area contributed by atoms with Crippen molar-refractivity contribution in [1.29, 1.82) is 0 Å². The molecule has 0 aliphatic heterocycles. The highest BCUT2D eigenvalue weighted by Gasteiger charge is 2.09. The van der Waals surface area contributed by atoms with Gasteiger partial charge in [0, 0.05) is 30.3 Å².